The number of piperazine rings is 1. The van der Waals surface area contributed by atoms with Gasteiger partial charge in [0.25, 0.3) is 5.69 Å². The van der Waals surface area contributed by atoms with Gasteiger partial charge in [-0.15, -0.1) is 11.3 Å². The monoisotopic (exact) mass is 304 g/mol. The smallest absolute Gasteiger partial charge is 0.270 e. The van der Waals surface area contributed by atoms with Crippen molar-refractivity contribution in [2.45, 2.75) is 6.54 Å². The minimum atomic E-state index is -0.377. The maximum atomic E-state index is 10.8. The van der Waals surface area contributed by atoms with Gasteiger partial charge in [-0.3, -0.25) is 15.0 Å². The molecule has 6 nitrogen and oxygen atoms in total. The van der Waals surface area contributed by atoms with Crippen molar-refractivity contribution < 1.29 is 4.92 Å². The van der Waals surface area contributed by atoms with Crippen LogP contribution in [-0.2, 0) is 6.54 Å². The van der Waals surface area contributed by atoms with Gasteiger partial charge in [0.1, 0.15) is 5.01 Å². The summed E-state index contributed by atoms with van der Waals surface area (Å²) >= 11 is 1.61. The lowest BCUT2D eigenvalue weighted by Crippen LogP contribution is -2.42. The number of benzene rings is 1. The highest BCUT2D eigenvalue weighted by Crippen LogP contribution is 2.25. The number of thiazole rings is 1. The Kier molecular flexibility index (Phi) is 4.23. The zero-order chi connectivity index (χ0) is 14.7. The van der Waals surface area contributed by atoms with Gasteiger partial charge in [-0.1, -0.05) is 12.1 Å². The molecule has 1 N–H and O–H groups in total. The van der Waals surface area contributed by atoms with E-state index >= 15 is 0 Å². The molecule has 1 aliphatic heterocycles. The molecule has 0 atom stereocenters. The van der Waals surface area contributed by atoms with Crippen molar-refractivity contribution in [3.05, 3.63) is 44.8 Å². The Morgan fingerprint density at radius 1 is 1.38 bits per heavy atom. The lowest BCUT2D eigenvalue weighted by Gasteiger charge is -2.26. The molecular formula is C14H16N4O2S. The van der Waals surface area contributed by atoms with E-state index in [1.54, 1.807) is 23.5 Å². The number of nitro groups is 1. The second kappa shape index (κ2) is 6.30. The van der Waals surface area contributed by atoms with E-state index in [0.29, 0.717) is 0 Å². The Balaban J connectivity index is 1.75. The van der Waals surface area contributed by atoms with E-state index in [1.807, 2.05) is 11.4 Å². The third-order valence-corrected chi connectivity index (χ3v) is 4.31. The SMILES string of the molecule is O=[N+]([O-])c1cccc(-c2csc(CN3CCNCC3)n2)c1. The van der Waals surface area contributed by atoms with Crippen LogP contribution in [0.15, 0.2) is 29.6 Å². The predicted molar refractivity (Wildman–Crippen MR) is 82.4 cm³/mol. The summed E-state index contributed by atoms with van der Waals surface area (Å²) in [6.45, 7) is 4.95. The highest BCUT2D eigenvalue weighted by atomic mass is 32.1. The van der Waals surface area contributed by atoms with E-state index < -0.39 is 0 Å². The molecule has 2 heterocycles. The van der Waals surface area contributed by atoms with E-state index in [9.17, 15) is 10.1 Å². The minimum Gasteiger partial charge on any atom is -0.314 e. The Labute approximate surface area is 126 Å². The summed E-state index contributed by atoms with van der Waals surface area (Å²) in [5.41, 5.74) is 1.71. The quantitative estimate of drug-likeness (QED) is 0.692. The summed E-state index contributed by atoms with van der Waals surface area (Å²) < 4.78 is 0. The largest absolute Gasteiger partial charge is 0.314 e. The van der Waals surface area contributed by atoms with E-state index in [2.05, 4.69) is 15.2 Å². The number of aromatic nitrogens is 1. The van der Waals surface area contributed by atoms with Gasteiger partial charge in [0.05, 0.1) is 17.2 Å². The first-order valence-corrected chi connectivity index (χ1v) is 7.72. The number of hydrogen-bond donors (Lipinski definition) is 1. The first-order valence-electron chi connectivity index (χ1n) is 6.85. The third kappa shape index (κ3) is 3.44. The molecule has 2 aromatic rings. The summed E-state index contributed by atoms with van der Waals surface area (Å²) in [5, 5.41) is 17.2. The molecule has 1 fully saturated rings. The van der Waals surface area contributed by atoms with Crippen LogP contribution in [0.4, 0.5) is 5.69 Å². The summed E-state index contributed by atoms with van der Waals surface area (Å²) in [6, 6.07) is 6.63. The number of nitrogens with one attached hydrogen (secondary N) is 1. The second-order valence-corrected chi connectivity index (χ2v) is 5.90. The summed E-state index contributed by atoms with van der Waals surface area (Å²) in [5.74, 6) is 0. The molecule has 1 saturated heterocycles. The maximum absolute atomic E-state index is 10.8. The van der Waals surface area contributed by atoms with Crippen LogP contribution < -0.4 is 5.32 Å². The van der Waals surface area contributed by atoms with Crippen LogP contribution in [0.1, 0.15) is 5.01 Å². The maximum Gasteiger partial charge on any atom is 0.270 e. The molecule has 0 unspecified atom stereocenters. The predicted octanol–water partition coefficient (Wildman–Crippen LogP) is 2.12. The van der Waals surface area contributed by atoms with Crippen molar-refractivity contribution in [1.29, 1.82) is 0 Å². The summed E-state index contributed by atoms with van der Waals surface area (Å²) in [4.78, 5) is 17.4. The lowest BCUT2D eigenvalue weighted by atomic mass is 10.1. The number of hydrogen-bond acceptors (Lipinski definition) is 6. The number of nitrogens with zero attached hydrogens (tertiary/aromatic N) is 3. The fourth-order valence-corrected chi connectivity index (χ4v) is 3.20. The standard InChI is InChI=1S/C14H16N4O2S/c19-18(20)12-3-1-2-11(8-12)13-10-21-14(16-13)9-17-6-4-15-5-7-17/h1-3,8,10,15H,4-7,9H2. The molecule has 21 heavy (non-hydrogen) atoms. The number of non-ortho nitro benzene ring substituents is 1. The second-order valence-electron chi connectivity index (χ2n) is 4.96. The zero-order valence-electron chi connectivity index (χ0n) is 11.5. The van der Waals surface area contributed by atoms with Crippen LogP contribution in [0.3, 0.4) is 0 Å². The van der Waals surface area contributed by atoms with Gasteiger partial charge < -0.3 is 5.32 Å². The average Bonchev–Trinajstić information content (AvgIpc) is 2.97. The minimum absolute atomic E-state index is 0.101. The lowest BCUT2D eigenvalue weighted by molar-refractivity contribution is -0.384. The van der Waals surface area contributed by atoms with Crippen LogP contribution in [0.25, 0.3) is 11.3 Å². The van der Waals surface area contributed by atoms with Crippen LogP contribution in [0.2, 0.25) is 0 Å². The van der Waals surface area contributed by atoms with E-state index in [4.69, 9.17) is 0 Å². The molecule has 0 radical (unpaired) electrons. The normalized spacial score (nSPS) is 16.0. The first-order chi connectivity index (χ1) is 10.2. The molecule has 0 amide bonds. The van der Waals surface area contributed by atoms with Gasteiger partial charge in [-0.05, 0) is 0 Å². The van der Waals surface area contributed by atoms with Crippen LogP contribution >= 0.6 is 11.3 Å². The van der Waals surface area contributed by atoms with Crippen molar-refractivity contribution in [3.63, 3.8) is 0 Å². The van der Waals surface area contributed by atoms with E-state index in [0.717, 1.165) is 49.0 Å². The van der Waals surface area contributed by atoms with E-state index in [1.165, 1.54) is 6.07 Å². The molecule has 1 aromatic heterocycles. The molecule has 0 spiro atoms. The molecule has 1 aromatic carbocycles. The Morgan fingerprint density at radius 3 is 2.95 bits per heavy atom. The van der Waals surface area contributed by atoms with Crippen molar-refractivity contribution in [2.24, 2.45) is 0 Å². The number of rotatable bonds is 4. The van der Waals surface area contributed by atoms with E-state index in [-0.39, 0.29) is 10.6 Å². The van der Waals surface area contributed by atoms with Crippen LogP contribution in [0, 0.1) is 10.1 Å². The van der Waals surface area contributed by atoms with Crippen LogP contribution in [0.5, 0.6) is 0 Å². The van der Waals surface area contributed by atoms with Gasteiger partial charge in [-0.25, -0.2) is 4.98 Å². The van der Waals surface area contributed by atoms with Crippen molar-refractivity contribution in [2.75, 3.05) is 26.2 Å². The Morgan fingerprint density at radius 2 is 2.19 bits per heavy atom. The molecule has 0 aliphatic carbocycles. The van der Waals surface area contributed by atoms with Gasteiger partial charge >= 0.3 is 0 Å². The van der Waals surface area contributed by atoms with Crippen LogP contribution in [-0.4, -0.2) is 41.0 Å². The summed E-state index contributed by atoms with van der Waals surface area (Å²) in [7, 11) is 0. The van der Waals surface area contributed by atoms with Gasteiger partial charge in [0.15, 0.2) is 0 Å². The molecule has 0 bridgehead atoms. The van der Waals surface area contributed by atoms with Crippen molar-refractivity contribution >= 4 is 17.0 Å². The third-order valence-electron chi connectivity index (χ3n) is 3.47. The Hall–Kier alpha value is -1.83. The number of nitro benzene ring substituents is 1. The molecule has 110 valence electrons. The first kappa shape index (κ1) is 14.1. The fraction of sp³-hybridized carbons (Fsp3) is 0.357. The summed E-state index contributed by atoms with van der Waals surface area (Å²) in [6.07, 6.45) is 0. The van der Waals surface area contributed by atoms with Gasteiger partial charge in [0, 0.05) is 49.3 Å². The van der Waals surface area contributed by atoms with Gasteiger partial charge in [0.2, 0.25) is 0 Å². The highest BCUT2D eigenvalue weighted by molar-refractivity contribution is 7.09. The topological polar surface area (TPSA) is 71.3 Å². The zero-order valence-corrected chi connectivity index (χ0v) is 12.3. The highest BCUT2D eigenvalue weighted by Gasteiger charge is 2.13. The molecular weight excluding hydrogens is 288 g/mol. The fourth-order valence-electron chi connectivity index (χ4n) is 2.36. The van der Waals surface area contributed by atoms with Crippen molar-refractivity contribution in [3.8, 4) is 11.3 Å². The average molecular weight is 304 g/mol. The molecule has 3 rings (SSSR count). The van der Waals surface area contributed by atoms with Crippen molar-refractivity contribution in [1.82, 2.24) is 15.2 Å². The van der Waals surface area contributed by atoms with Gasteiger partial charge in [-0.2, -0.15) is 0 Å². The Bertz CT molecular complexity index is 637. The molecule has 1 aliphatic rings. The molecule has 0 saturated carbocycles. The molecule has 7 heteroatoms.